The van der Waals surface area contributed by atoms with Crippen LogP contribution in [0.2, 0.25) is 9.49 Å². The van der Waals surface area contributed by atoms with Crippen molar-refractivity contribution < 1.29 is 27.2 Å². The Labute approximate surface area is 226 Å². The van der Waals surface area contributed by atoms with Crippen LogP contribution in [-0.4, -0.2) is 14.5 Å². The minimum absolute atomic E-state index is 0.0268. The van der Waals surface area contributed by atoms with E-state index in [4.69, 9.17) is 23.2 Å². The van der Waals surface area contributed by atoms with Crippen molar-refractivity contribution in [1.29, 1.82) is 0 Å². The van der Waals surface area contributed by atoms with E-state index in [1.54, 1.807) is 19.1 Å². The predicted octanol–water partition coefficient (Wildman–Crippen LogP) is 6.90. The summed E-state index contributed by atoms with van der Waals surface area (Å²) in [5.41, 5.74) is -1.74. The smallest absolute Gasteiger partial charge is 0.417 e. The first-order valence-electron chi connectivity index (χ1n) is 11.0. The van der Waals surface area contributed by atoms with E-state index in [2.05, 4.69) is 4.98 Å². The van der Waals surface area contributed by atoms with E-state index in [0.29, 0.717) is 26.6 Å². The van der Waals surface area contributed by atoms with Gasteiger partial charge in [-0.25, -0.2) is 14.2 Å². The van der Waals surface area contributed by atoms with Crippen LogP contribution >= 0.6 is 34.5 Å². The molecule has 3 heterocycles. The monoisotopic (exact) mass is 580 g/mol. The molecule has 38 heavy (non-hydrogen) atoms. The largest absolute Gasteiger partial charge is 0.477 e. The van der Waals surface area contributed by atoms with Gasteiger partial charge in [0.25, 0.3) is 11.5 Å². The molecule has 12 heteroatoms. The van der Waals surface area contributed by atoms with Crippen molar-refractivity contribution in [3.05, 3.63) is 103 Å². The van der Waals surface area contributed by atoms with Gasteiger partial charge in [0.15, 0.2) is 10.0 Å². The second-order valence-electron chi connectivity index (χ2n) is 8.44. The maximum Gasteiger partial charge on any atom is 0.417 e. The minimum atomic E-state index is -4.82. The summed E-state index contributed by atoms with van der Waals surface area (Å²) >= 11 is 12.9. The van der Waals surface area contributed by atoms with Crippen LogP contribution in [0.4, 0.5) is 17.6 Å². The van der Waals surface area contributed by atoms with Gasteiger partial charge in [-0.15, -0.1) is 11.3 Å². The fourth-order valence-electron chi connectivity index (χ4n) is 4.35. The van der Waals surface area contributed by atoms with E-state index in [0.717, 1.165) is 18.2 Å². The summed E-state index contributed by atoms with van der Waals surface area (Å²) in [4.78, 5) is 18.3. The molecule has 0 fully saturated rings. The number of pyridine rings is 1. The maximum atomic E-state index is 14.9. The number of aryl methyl sites for hydroxylation is 1. The van der Waals surface area contributed by atoms with Gasteiger partial charge in [-0.05, 0) is 54.4 Å². The third-order valence-corrected chi connectivity index (χ3v) is 7.34. The zero-order chi connectivity index (χ0) is 27.4. The van der Waals surface area contributed by atoms with Crippen molar-refractivity contribution in [1.82, 2.24) is 9.38 Å². The van der Waals surface area contributed by atoms with Gasteiger partial charge in [-0.2, -0.15) is 22.1 Å². The lowest BCUT2D eigenvalue weighted by Gasteiger charge is -2.15. The van der Waals surface area contributed by atoms with E-state index < -0.39 is 40.1 Å². The molecule has 1 N–H and O–H groups in total. The summed E-state index contributed by atoms with van der Waals surface area (Å²) in [5.74, 6) is -1.39. The Hall–Kier alpha value is -3.47. The molecule has 0 atom stereocenters. The van der Waals surface area contributed by atoms with Crippen LogP contribution in [0.1, 0.15) is 16.0 Å². The molecule has 194 valence electrons. The molecule has 0 amide bonds. The Balaban J connectivity index is 1.79. The van der Waals surface area contributed by atoms with E-state index in [1.807, 2.05) is 0 Å². The number of rotatable bonds is 4. The number of hydrogen-bond donors (Lipinski definition) is 1. The number of fused-ring (bicyclic) bond motifs is 1. The highest BCUT2D eigenvalue weighted by atomic mass is 35.5. The molecule has 5 nitrogen and oxygen atoms in total. The quantitative estimate of drug-likeness (QED) is 0.186. The van der Waals surface area contributed by atoms with Crippen molar-refractivity contribution in [3.63, 3.8) is 0 Å². The molecule has 0 saturated carbocycles. The zero-order valence-electron chi connectivity index (χ0n) is 19.4. The van der Waals surface area contributed by atoms with Crippen molar-refractivity contribution in [2.45, 2.75) is 19.6 Å². The van der Waals surface area contributed by atoms with Crippen LogP contribution < -0.4 is 10.1 Å². The summed E-state index contributed by atoms with van der Waals surface area (Å²) < 4.78 is 59.4. The number of aromatic nitrogens is 3. The average molecular weight is 581 g/mol. The Bertz CT molecular complexity index is 1780. The fourth-order valence-corrected chi connectivity index (χ4v) is 5.49. The Morgan fingerprint density at radius 1 is 1.11 bits per heavy atom. The van der Waals surface area contributed by atoms with Crippen molar-refractivity contribution >= 4 is 40.2 Å². The number of benzene rings is 2. The third kappa shape index (κ3) is 4.63. The molecule has 0 aliphatic rings. The van der Waals surface area contributed by atoms with Gasteiger partial charge in [0, 0.05) is 22.3 Å². The Kier molecular flexibility index (Phi) is 6.66. The molecular formula is C26H16Cl2F4N3O2S+. The molecule has 0 aliphatic heterocycles. The number of nitrogens with zero attached hydrogens (tertiary/aromatic N) is 3. The molecule has 0 spiro atoms. The lowest BCUT2D eigenvalue weighted by molar-refractivity contribution is -0.671. The van der Waals surface area contributed by atoms with E-state index >= 15 is 0 Å². The van der Waals surface area contributed by atoms with Gasteiger partial charge in [0.05, 0.1) is 16.6 Å². The van der Waals surface area contributed by atoms with Gasteiger partial charge in [-0.3, -0.25) is 0 Å². The zero-order valence-corrected chi connectivity index (χ0v) is 21.7. The molecule has 3 aromatic heterocycles. The van der Waals surface area contributed by atoms with Crippen LogP contribution in [-0.2, 0) is 12.7 Å². The highest BCUT2D eigenvalue weighted by Crippen LogP contribution is 2.40. The minimum Gasteiger partial charge on any atom is -0.477 e. The van der Waals surface area contributed by atoms with Gasteiger partial charge in [0.2, 0.25) is 0 Å². The van der Waals surface area contributed by atoms with Crippen molar-refractivity contribution in [2.24, 2.45) is 0 Å². The predicted molar refractivity (Wildman–Crippen MR) is 137 cm³/mol. The topological polar surface area (TPSA) is 58.5 Å². The maximum absolute atomic E-state index is 14.9. The fraction of sp³-hybridized carbons (Fsp3) is 0.115. The SMILES string of the molecule is Cc1cccn2c(=O)c(-c3ccc(F)c(-c4ccc(Cl)cc4C(F)(F)F)c3)c(O)[n+](Cc3cnc(Cl)s3)c12. The van der Waals surface area contributed by atoms with Crippen molar-refractivity contribution in [2.75, 3.05) is 0 Å². The molecule has 5 aromatic rings. The van der Waals surface area contributed by atoms with Crippen LogP contribution in [0.3, 0.4) is 0 Å². The molecule has 0 aliphatic carbocycles. The van der Waals surface area contributed by atoms with Crippen LogP contribution in [0.15, 0.2) is 65.7 Å². The van der Waals surface area contributed by atoms with Crippen LogP contribution in [0.25, 0.3) is 27.9 Å². The number of hydrogen-bond acceptors (Lipinski definition) is 4. The number of halogens is 6. The third-order valence-electron chi connectivity index (χ3n) is 6.00. The number of thiazole rings is 1. The normalized spacial score (nSPS) is 11.9. The van der Waals surface area contributed by atoms with Gasteiger partial charge in [0.1, 0.15) is 12.4 Å². The molecule has 2 aromatic carbocycles. The summed E-state index contributed by atoms with van der Waals surface area (Å²) in [5, 5.41) is 11.2. The van der Waals surface area contributed by atoms with Crippen LogP contribution in [0.5, 0.6) is 5.88 Å². The summed E-state index contributed by atoms with van der Waals surface area (Å²) in [6.45, 7) is 1.86. The Morgan fingerprint density at radius 3 is 2.55 bits per heavy atom. The lowest BCUT2D eigenvalue weighted by atomic mass is 9.95. The summed E-state index contributed by atoms with van der Waals surface area (Å²) in [6, 6.07) is 9.71. The number of aromatic hydroxyl groups is 1. The molecule has 0 radical (unpaired) electrons. The van der Waals surface area contributed by atoms with Gasteiger partial charge >= 0.3 is 11.7 Å². The number of alkyl halides is 3. The van der Waals surface area contributed by atoms with E-state index in [1.165, 1.54) is 44.8 Å². The highest BCUT2D eigenvalue weighted by molar-refractivity contribution is 7.15. The van der Waals surface area contributed by atoms with E-state index in [9.17, 15) is 27.5 Å². The van der Waals surface area contributed by atoms with Crippen molar-refractivity contribution in [3.8, 4) is 28.1 Å². The standard InChI is InChI=1S/C26H15Cl2F4N3O2S/c1-13-3-2-8-34-22(13)35(12-16-11-33-25(28)38-16)24(37)21(23(34)36)14-4-7-20(29)18(9-14)17-6-5-15(27)10-19(17)26(30,31)32/h2-11H,12H2,1H3/p+1. The molecule has 0 unspecified atom stereocenters. The molecule has 5 rings (SSSR count). The molecule has 0 bridgehead atoms. The second kappa shape index (κ2) is 9.68. The van der Waals surface area contributed by atoms with Gasteiger partial charge < -0.3 is 5.11 Å². The molecule has 0 saturated heterocycles. The van der Waals surface area contributed by atoms with Crippen LogP contribution in [0, 0.1) is 12.7 Å². The Morgan fingerprint density at radius 2 is 1.87 bits per heavy atom. The first kappa shape index (κ1) is 26.1. The average Bonchev–Trinajstić information content (AvgIpc) is 3.27. The lowest BCUT2D eigenvalue weighted by Crippen LogP contribution is -2.41. The highest BCUT2D eigenvalue weighted by Gasteiger charge is 2.35. The summed E-state index contributed by atoms with van der Waals surface area (Å²) in [7, 11) is 0. The van der Waals surface area contributed by atoms with Gasteiger partial charge in [-0.1, -0.05) is 35.3 Å². The molecular weight excluding hydrogens is 565 g/mol. The second-order valence-corrected chi connectivity index (χ2v) is 10.6. The van der Waals surface area contributed by atoms with E-state index in [-0.39, 0.29) is 22.7 Å². The first-order chi connectivity index (χ1) is 18.0. The summed E-state index contributed by atoms with van der Waals surface area (Å²) in [6.07, 6.45) is -1.77. The first-order valence-corrected chi connectivity index (χ1v) is 12.6.